The van der Waals surface area contributed by atoms with Crippen molar-refractivity contribution in [2.75, 3.05) is 13.6 Å². The monoisotopic (exact) mass is 216 g/mol. The third kappa shape index (κ3) is 8.24. The van der Waals surface area contributed by atoms with Crippen molar-refractivity contribution in [3.05, 3.63) is 0 Å². The molecule has 4 nitrogen and oxygen atoms in total. The first-order valence-corrected chi connectivity index (χ1v) is 5.32. The van der Waals surface area contributed by atoms with Gasteiger partial charge in [-0.2, -0.15) is 0 Å². The molecule has 0 spiro atoms. The molecule has 90 valence electrons. The topological polar surface area (TPSA) is 50.4 Å². The van der Waals surface area contributed by atoms with Crippen molar-refractivity contribution in [2.24, 2.45) is 0 Å². The third-order valence-corrected chi connectivity index (χ3v) is 2.09. The second-order valence-corrected chi connectivity index (χ2v) is 5.31. The summed E-state index contributed by atoms with van der Waals surface area (Å²) in [5.41, 5.74) is -0.391. The molecule has 1 amide bonds. The van der Waals surface area contributed by atoms with E-state index < -0.39 is 5.60 Å². The molecule has 0 radical (unpaired) electrons. The van der Waals surface area contributed by atoms with Gasteiger partial charge in [-0.3, -0.25) is 0 Å². The van der Waals surface area contributed by atoms with Gasteiger partial charge in [-0.15, -0.1) is 0 Å². The summed E-state index contributed by atoms with van der Waals surface area (Å²) in [5, 5.41) is 5.90. The Morgan fingerprint density at radius 3 is 2.13 bits per heavy atom. The molecule has 0 aliphatic carbocycles. The van der Waals surface area contributed by atoms with Crippen molar-refractivity contribution in [1.29, 1.82) is 0 Å². The van der Waals surface area contributed by atoms with Crippen LogP contribution in [0.4, 0.5) is 4.79 Å². The quantitative estimate of drug-likeness (QED) is 0.754. The van der Waals surface area contributed by atoms with Crippen LogP contribution in [0.15, 0.2) is 0 Å². The van der Waals surface area contributed by atoms with Gasteiger partial charge in [0.25, 0.3) is 0 Å². The van der Waals surface area contributed by atoms with Gasteiger partial charge in [-0.1, -0.05) is 0 Å². The van der Waals surface area contributed by atoms with Crippen LogP contribution in [0.1, 0.15) is 41.0 Å². The third-order valence-electron chi connectivity index (χ3n) is 2.09. The lowest BCUT2D eigenvalue weighted by Crippen LogP contribution is -2.41. The van der Waals surface area contributed by atoms with E-state index in [-0.39, 0.29) is 11.6 Å². The molecule has 0 rings (SSSR count). The molecule has 4 heteroatoms. The van der Waals surface area contributed by atoms with E-state index in [1.165, 1.54) is 0 Å². The van der Waals surface area contributed by atoms with Crippen LogP contribution in [0.2, 0.25) is 0 Å². The highest BCUT2D eigenvalue weighted by Crippen LogP contribution is 2.08. The molecule has 0 saturated heterocycles. The number of alkyl carbamates (subject to hydrolysis) is 1. The normalized spacial score (nSPS) is 12.4. The molecule has 0 saturated carbocycles. The number of carbonyl (C=O) groups is 1. The summed E-state index contributed by atoms with van der Waals surface area (Å²) in [7, 11) is 1.91. The van der Waals surface area contributed by atoms with Crippen molar-refractivity contribution in [2.45, 2.75) is 52.2 Å². The van der Waals surface area contributed by atoms with Gasteiger partial charge in [-0.05, 0) is 48.1 Å². The number of carbonyl (C=O) groups excluding carboxylic acids is 1. The fourth-order valence-electron chi connectivity index (χ4n) is 0.916. The Morgan fingerprint density at radius 1 is 1.20 bits per heavy atom. The van der Waals surface area contributed by atoms with Crippen LogP contribution >= 0.6 is 0 Å². The van der Waals surface area contributed by atoms with Crippen LogP contribution < -0.4 is 10.6 Å². The van der Waals surface area contributed by atoms with E-state index in [1.807, 2.05) is 27.8 Å². The van der Waals surface area contributed by atoms with E-state index in [2.05, 4.69) is 24.5 Å². The van der Waals surface area contributed by atoms with Crippen LogP contribution in [0.25, 0.3) is 0 Å². The number of nitrogens with one attached hydrogen (secondary N) is 2. The molecular weight excluding hydrogens is 192 g/mol. The first-order chi connectivity index (χ1) is 6.66. The number of rotatable bonds is 4. The molecule has 0 heterocycles. The highest BCUT2D eigenvalue weighted by Gasteiger charge is 2.17. The lowest BCUT2D eigenvalue weighted by atomic mass is 10.0. The van der Waals surface area contributed by atoms with E-state index in [0.717, 1.165) is 6.42 Å². The standard InChI is InChI=1S/C11H24N2O2/c1-10(2,3)15-9(14)13-8-7-11(4,5)12-6/h12H,7-8H2,1-6H3,(H,13,14). The van der Waals surface area contributed by atoms with Gasteiger partial charge < -0.3 is 15.4 Å². The highest BCUT2D eigenvalue weighted by atomic mass is 16.6. The number of amides is 1. The molecule has 0 aromatic heterocycles. The minimum Gasteiger partial charge on any atom is -0.444 e. The van der Waals surface area contributed by atoms with Crippen LogP contribution in [-0.2, 0) is 4.74 Å². The number of hydrogen-bond donors (Lipinski definition) is 2. The molecule has 0 fully saturated rings. The van der Waals surface area contributed by atoms with E-state index >= 15 is 0 Å². The fraction of sp³-hybridized carbons (Fsp3) is 0.909. The minimum atomic E-state index is -0.428. The first kappa shape index (κ1) is 14.2. The predicted octanol–water partition coefficient (Wildman–Crippen LogP) is 1.90. The van der Waals surface area contributed by atoms with Gasteiger partial charge in [0.15, 0.2) is 0 Å². The van der Waals surface area contributed by atoms with Gasteiger partial charge in [0, 0.05) is 12.1 Å². The van der Waals surface area contributed by atoms with Crippen molar-refractivity contribution in [3.8, 4) is 0 Å². The Morgan fingerprint density at radius 2 is 1.73 bits per heavy atom. The van der Waals surface area contributed by atoms with Crippen LogP contribution in [0.3, 0.4) is 0 Å². The average molecular weight is 216 g/mol. The molecule has 0 bridgehead atoms. The fourth-order valence-corrected chi connectivity index (χ4v) is 0.916. The van der Waals surface area contributed by atoms with E-state index in [1.54, 1.807) is 0 Å². The Labute approximate surface area is 92.8 Å². The first-order valence-electron chi connectivity index (χ1n) is 5.32. The molecule has 0 aromatic rings. The molecule has 15 heavy (non-hydrogen) atoms. The minimum absolute atomic E-state index is 0.0367. The van der Waals surface area contributed by atoms with Crippen molar-refractivity contribution < 1.29 is 9.53 Å². The summed E-state index contributed by atoms with van der Waals surface area (Å²) in [5.74, 6) is 0. The Kier molecular flexibility index (Phi) is 5.08. The van der Waals surface area contributed by atoms with Gasteiger partial charge in [0.1, 0.15) is 5.60 Å². The Hall–Kier alpha value is -0.770. The molecule has 0 unspecified atom stereocenters. The van der Waals surface area contributed by atoms with Crippen molar-refractivity contribution in [3.63, 3.8) is 0 Å². The zero-order valence-corrected chi connectivity index (χ0v) is 10.7. The van der Waals surface area contributed by atoms with E-state index in [0.29, 0.717) is 6.54 Å². The second kappa shape index (κ2) is 5.35. The molecule has 0 aromatic carbocycles. The van der Waals surface area contributed by atoms with Gasteiger partial charge in [0.05, 0.1) is 0 Å². The maximum absolute atomic E-state index is 11.3. The largest absolute Gasteiger partial charge is 0.444 e. The Bertz CT molecular complexity index is 207. The second-order valence-electron chi connectivity index (χ2n) is 5.31. The lowest BCUT2D eigenvalue weighted by Gasteiger charge is -2.24. The molecular formula is C11H24N2O2. The summed E-state index contributed by atoms with van der Waals surface area (Å²) in [4.78, 5) is 11.3. The van der Waals surface area contributed by atoms with E-state index in [9.17, 15) is 4.79 Å². The smallest absolute Gasteiger partial charge is 0.407 e. The summed E-state index contributed by atoms with van der Waals surface area (Å²) in [6.07, 6.45) is 0.511. The summed E-state index contributed by atoms with van der Waals surface area (Å²) in [6.45, 7) is 10.3. The molecule has 0 aliphatic rings. The van der Waals surface area contributed by atoms with E-state index in [4.69, 9.17) is 4.74 Å². The molecule has 0 atom stereocenters. The number of ether oxygens (including phenoxy) is 1. The van der Waals surface area contributed by atoms with Crippen LogP contribution in [-0.4, -0.2) is 30.8 Å². The Balaban J connectivity index is 3.74. The average Bonchev–Trinajstić information content (AvgIpc) is 2.00. The van der Waals surface area contributed by atoms with Crippen LogP contribution in [0.5, 0.6) is 0 Å². The number of hydrogen-bond acceptors (Lipinski definition) is 3. The summed E-state index contributed by atoms with van der Waals surface area (Å²) >= 11 is 0. The summed E-state index contributed by atoms with van der Waals surface area (Å²) in [6, 6.07) is 0. The SMILES string of the molecule is CNC(C)(C)CCNC(=O)OC(C)(C)C. The zero-order chi connectivity index (χ0) is 12.1. The van der Waals surface area contributed by atoms with Gasteiger partial charge in [-0.25, -0.2) is 4.79 Å². The highest BCUT2D eigenvalue weighted by molar-refractivity contribution is 5.67. The van der Waals surface area contributed by atoms with Crippen molar-refractivity contribution in [1.82, 2.24) is 10.6 Å². The zero-order valence-electron chi connectivity index (χ0n) is 10.7. The maximum atomic E-state index is 11.3. The predicted molar refractivity (Wildman–Crippen MR) is 62.0 cm³/mol. The maximum Gasteiger partial charge on any atom is 0.407 e. The molecule has 0 aliphatic heterocycles. The van der Waals surface area contributed by atoms with Gasteiger partial charge >= 0.3 is 6.09 Å². The lowest BCUT2D eigenvalue weighted by molar-refractivity contribution is 0.0524. The summed E-state index contributed by atoms with van der Waals surface area (Å²) < 4.78 is 5.12. The van der Waals surface area contributed by atoms with Crippen LogP contribution in [0, 0.1) is 0 Å². The van der Waals surface area contributed by atoms with Gasteiger partial charge in [0.2, 0.25) is 0 Å². The van der Waals surface area contributed by atoms with Crippen molar-refractivity contribution >= 4 is 6.09 Å². The molecule has 2 N–H and O–H groups in total.